The maximum absolute atomic E-state index is 5.00. The maximum atomic E-state index is 5.00. The van der Waals surface area contributed by atoms with Crippen molar-refractivity contribution in [3.63, 3.8) is 0 Å². The summed E-state index contributed by atoms with van der Waals surface area (Å²) in [5.74, 6) is 1.76. The van der Waals surface area contributed by atoms with Crippen molar-refractivity contribution in [1.29, 1.82) is 0 Å². The predicted octanol–water partition coefficient (Wildman–Crippen LogP) is 7.14. The number of aromatic amines is 1. The minimum absolute atomic E-state index is 0.360. The number of aliphatic imine (C=N–C) groups is 1. The fourth-order valence-electron chi connectivity index (χ4n) is 6.07. The molecule has 1 atom stereocenters. The number of benzene rings is 3. The Hall–Kier alpha value is -3.24. The van der Waals surface area contributed by atoms with Gasteiger partial charge in [0.05, 0.1) is 23.6 Å². The van der Waals surface area contributed by atoms with Crippen LogP contribution in [0.25, 0.3) is 33.2 Å². The number of hydrogen-bond acceptors (Lipinski definition) is 3. The van der Waals surface area contributed by atoms with E-state index in [9.17, 15) is 0 Å². The number of aromatic nitrogens is 2. The van der Waals surface area contributed by atoms with Gasteiger partial charge in [-0.2, -0.15) is 0 Å². The molecule has 2 N–H and O–H groups in total. The van der Waals surface area contributed by atoms with Crippen LogP contribution in [0.2, 0.25) is 0 Å². The molecule has 3 heterocycles. The summed E-state index contributed by atoms with van der Waals surface area (Å²) < 4.78 is 0. The summed E-state index contributed by atoms with van der Waals surface area (Å²) in [5, 5.41) is 6.05. The molecule has 2 aliphatic heterocycles. The molecule has 1 saturated heterocycles. The first-order chi connectivity index (χ1) is 16.8. The van der Waals surface area contributed by atoms with Gasteiger partial charge in [-0.1, -0.05) is 43.2 Å². The minimum Gasteiger partial charge on any atom is -0.341 e. The lowest BCUT2D eigenvalue weighted by Gasteiger charge is -2.09. The van der Waals surface area contributed by atoms with Gasteiger partial charge in [-0.15, -0.1) is 0 Å². The third kappa shape index (κ3) is 3.57. The smallest absolute Gasteiger partial charge is 0.123 e. The second-order valence-electron chi connectivity index (χ2n) is 10.2. The average Bonchev–Trinajstić information content (AvgIpc) is 3.69. The Labute approximate surface area is 200 Å². The van der Waals surface area contributed by atoms with Gasteiger partial charge in [0.1, 0.15) is 5.82 Å². The third-order valence-electron chi connectivity index (χ3n) is 8.01. The van der Waals surface area contributed by atoms with Crippen LogP contribution in [0.4, 0.5) is 5.69 Å². The highest BCUT2D eigenvalue weighted by molar-refractivity contribution is 5.97. The van der Waals surface area contributed by atoms with E-state index in [0.717, 1.165) is 30.9 Å². The zero-order chi connectivity index (χ0) is 22.5. The lowest BCUT2D eigenvalue weighted by molar-refractivity contribution is 0.613. The summed E-state index contributed by atoms with van der Waals surface area (Å²) in [7, 11) is 0. The van der Waals surface area contributed by atoms with E-state index in [-0.39, 0.29) is 0 Å². The van der Waals surface area contributed by atoms with Gasteiger partial charge in [0.25, 0.3) is 0 Å². The van der Waals surface area contributed by atoms with Crippen molar-refractivity contribution in [1.82, 2.24) is 15.3 Å². The molecule has 4 heteroatoms. The number of nitrogens with zero attached hydrogens (tertiary/aromatic N) is 2. The molecule has 3 aliphatic rings. The molecular weight excluding hydrogens is 416 g/mol. The standard InChI is InChI=1S/C30H30N4/c1-2-5-20(4-1)28-17-25-15-22(11-12-26(25)33-28)21-9-7-19-8-10-23(16-24(19)14-21)29-18-32-30(34-29)27-6-3-13-31-27/h7-12,14-16,18,20,27,31H,1-6,13,17H2,(H,32,34)/t27-/m0/s1. The number of nitrogens with one attached hydrogen (secondary N) is 2. The summed E-state index contributed by atoms with van der Waals surface area (Å²) in [6.45, 7) is 1.08. The number of rotatable bonds is 4. The molecule has 4 aromatic rings. The number of H-pyrrole nitrogens is 1. The SMILES string of the molecule is c1cc2c(cc1-c1ccc3ccc(-c4cnc([C@@H]5CCCN5)[nH]4)cc3c1)CC(C1CCCC1)=N2. The number of fused-ring (bicyclic) bond motifs is 2. The van der Waals surface area contributed by atoms with Gasteiger partial charge in [0, 0.05) is 17.7 Å². The second-order valence-corrected chi connectivity index (χ2v) is 10.2. The van der Waals surface area contributed by atoms with Crippen LogP contribution in [0.15, 0.2) is 65.8 Å². The second kappa shape index (κ2) is 8.21. The average molecular weight is 447 g/mol. The summed E-state index contributed by atoms with van der Waals surface area (Å²) in [5.41, 5.74) is 8.81. The zero-order valence-electron chi connectivity index (χ0n) is 19.5. The summed E-state index contributed by atoms with van der Waals surface area (Å²) in [6.07, 6.45) is 10.7. The summed E-state index contributed by atoms with van der Waals surface area (Å²) >= 11 is 0. The van der Waals surface area contributed by atoms with Gasteiger partial charge in [-0.05, 0) is 89.9 Å². The van der Waals surface area contributed by atoms with E-state index >= 15 is 0 Å². The highest BCUT2D eigenvalue weighted by Crippen LogP contribution is 2.37. The monoisotopic (exact) mass is 446 g/mol. The lowest BCUT2D eigenvalue weighted by atomic mass is 9.95. The van der Waals surface area contributed by atoms with Crippen LogP contribution in [0.1, 0.15) is 56.0 Å². The molecule has 1 saturated carbocycles. The van der Waals surface area contributed by atoms with Crippen LogP contribution in [0.3, 0.4) is 0 Å². The van der Waals surface area contributed by atoms with Crippen LogP contribution >= 0.6 is 0 Å². The van der Waals surface area contributed by atoms with E-state index in [4.69, 9.17) is 4.99 Å². The van der Waals surface area contributed by atoms with E-state index in [1.807, 2.05) is 6.20 Å². The van der Waals surface area contributed by atoms with Gasteiger partial charge in [0.2, 0.25) is 0 Å². The first-order valence-corrected chi connectivity index (χ1v) is 12.8. The van der Waals surface area contributed by atoms with Crippen LogP contribution in [0, 0.1) is 5.92 Å². The largest absolute Gasteiger partial charge is 0.341 e. The number of imidazole rings is 1. The highest BCUT2D eigenvalue weighted by atomic mass is 15.0. The fraction of sp³-hybridized carbons (Fsp3) is 0.333. The first kappa shape index (κ1) is 20.2. The molecule has 0 unspecified atom stereocenters. The van der Waals surface area contributed by atoms with Gasteiger partial charge < -0.3 is 10.3 Å². The van der Waals surface area contributed by atoms with Gasteiger partial charge in [0.15, 0.2) is 0 Å². The fourth-order valence-corrected chi connectivity index (χ4v) is 6.07. The lowest BCUT2D eigenvalue weighted by Crippen LogP contribution is -2.14. The molecule has 170 valence electrons. The number of hydrogen-bond donors (Lipinski definition) is 2. The molecule has 0 bridgehead atoms. The van der Waals surface area contributed by atoms with Crippen molar-refractivity contribution in [2.45, 2.75) is 51.0 Å². The van der Waals surface area contributed by atoms with Gasteiger partial charge in [-0.3, -0.25) is 4.99 Å². The Morgan fingerprint density at radius 2 is 1.56 bits per heavy atom. The molecule has 0 amide bonds. The van der Waals surface area contributed by atoms with Crippen LogP contribution in [-0.4, -0.2) is 22.2 Å². The van der Waals surface area contributed by atoms with Crippen molar-refractivity contribution in [2.24, 2.45) is 10.9 Å². The Bertz CT molecular complexity index is 1400. The maximum Gasteiger partial charge on any atom is 0.123 e. The van der Waals surface area contributed by atoms with Crippen molar-refractivity contribution in [3.05, 3.63) is 72.2 Å². The molecule has 4 nitrogen and oxygen atoms in total. The molecule has 3 aromatic carbocycles. The van der Waals surface area contributed by atoms with Crippen molar-refractivity contribution >= 4 is 22.2 Å². The van der Waals surface area contributed by atoms with Gasteiger partial charge in [-0.25, -0.2) is 4.98 Å². The van der Waals surface area contributed by atoms with Gasteiger partial charge >= 0.3 is 0 Å². The van der Waals surface area contributed by atoms with Crippen LogP contribution in [-0.2, 0) is 6.42 Å². The normalized spacial score (nSPS) is 20.2. The topological polar surface area (TPSA) is 53.1 Å². The molecule has 1 aliphatic carbocycles. The van der Waals surface area contributed by atoms with Crippen LogP contribution < -0.4 is 5.32 Å². The third-order valence-corrected chi connectivity index (χ3v) is 8.01. The minimum atomic E-state index is 0.360. The molecule has 1 aromatic heterocycles. The quantitative estimate of drug-likeness (QED) is 0.350. The van der Waals surface area contributed by atoms with E-state index in [0.29, 0.717) is 12.0 Å². The zero-order valence-corrected chi connectivity index (χ0v) is 19.5. The van der Waals surface area contributed by atoms with Crippen molar-refractivity contribution in [2.75, 3.05) is 6.54 Å². The highest BCUT2D eigenvalue weighted by Gasteiger charge is 2.25. The molecule has 0 radical (unpaired) electrons. The molecule has 0 spiro atoms. The Morgan fingerprint density at radius 1 is 0.765 bits per heavy atom. The predicted molar refractivity (Wildman–Crippen MR) is 140 cm³/mol. The van der Waals surface area contributed by atoms with Crippen molar-refractivity contribution in [3.8, 4) is 22.4 Å². The Balaban J connectivity index is 1.18. The molecule has 34 heavy (non-hydrogen) atoms. The van der Waals surface area contributed by atoms with E-state index in [1.165, 1.54) is 76.5 Å². The Kier molecular flexibility index (Phi) is 4.87. The molecule has 2 fully saturated rings. The molecule has 7 rings (SSSR count). The summed E-state index contributed by atoms with van der Waals surface area (Å²) in [6, 6.07) is 20.7. The van der Waals surface area contributed by atoms with E-state index in [2.05, 4.69) is 69.9 Å². The van der Waals surface area contributed by atoms with Crippen LogP contribution in [0.5, 0.6) is 0 Å². The summed E-state index contributed by atoms with van der Waals surface area (Å²) in [4.78, 5) is 13.2. The van der Waals surface area contributed by atoms with E-state index in [1.54, 1.807) is 0 Å². The van der Waals surface area contributed by atoms with E-state index < -0.39 is 0 Å². The Morgan fingerprint density at radius 3 is 2.41 bits per heavy atom. The van der Waals surface area contributed by atoms with Crippen molar-refractivity contribution < 1.29 is 0 Å². The molecular formula is C30H30N4. The first-order valence-electron chi connectivity index (χ1n) is 12.8.